The second-order valence-electron chi connectivity index (χ2n) is 4.80. The number of benzene rings is 2. The van der Waals surface area contributed by atoms with Gasteiger partial charge in [0.05, 0.1) is 0 Å². The molecule has 0 aliphatic heterocycles. The van der Waals surface area contributed by atoms with Crippen molar-refractivity contribution in [3.63, 3.8) is 0 Å². The van der Waals surface area contributed by atoms with E-state index in [1.54, 1.807) is 0 Å². The van der Waals surface area contributed by atoms with Gasteiger partial charge in [0.2, 0.25) is 0 Å². The monoisotopic (exact) mass is 256 g/mol. The lowest BCUT2D eigenvalue weighted by atomic mass is 10.1. The van der Waals surface area contributed by atoms with Crippen LogP contribution in [0.4, 0.5) is 0 Å². The van der Waals surface area contributed by atoms with Gasteiger partial charge in [-0.15, -0.1) is 12.6 Å². The highest BCUT2D eigenvalue weighted by Gasteiger charge is 2.20. The molecule has 0 unspecified atom stereocenters. The van der Waals surface area contributed by atoms with Gasteiger partial charge in [-0.05, 0) is 36.5 Å². The molecule has 0 radical (unpaired) electrons. The van der Waals surface area contributed by atoms with Crippen molar-refractivity contribution in [2.24, 2.45) is 5.92 Å². The summed E-state index contributed by atoms with van der Waals surface area (Å²) in [5.74, 6) is 1.07. The third kappa shape index (κ3) is 5.42. The van der Waals surface area contributed by atoms with Crippen LogP contribution < -0.4 is 0 Å². The number of aryl methyl sites for hydroxylation is 1. The lowest BCUT2D eigenvalue weighted by molar-refractivity contribution is 0.727. The van der Waals surface area contributed by atoms with E-state index in [0.717, 1.165) is 10.8 Å². The highest BCUT2D eigenvalue weighted by Crippen LogP contribution is 2.33. The molecule has 94 valence electrons. The Hall–Kier alpha value is -1.21. The van der Waals surface area contributed by atoms with E-state index in [0.29, 0.717) is 0 Å². The van der Waals surface area contributed by atoms with E-state index in [1.165, 1.54) is 31.2 Å². The fraction of sp³-hybridized carbons (Fsp3) is 0.294. The fourth-order valence-electron chi connectivity index (χ4n) is 1.85. The Morgan fingerprint density at radius 3 is 1.83 bits per heavy atom. The quantitative estimate of drug-likeness (QED) is 0.734. The van der Waals surface area contributed by atoms with Gasteiger partial charge in [-0.2, -0.15) is 0 Å². The SMILES string of the molecule is Sc1ccccc1.c1ccc(CCC2CC2)cc1. The Kier molecular flexibility index (Phi) is 5.35. The van der Waals surface area contributed by atoms with Gasteiger partial charge in [0, 0.05) is 4.90 Å². The number of hydrogen-bond donors (Lipinski definition) is 1. The second-order valence-corrected chi connectivity index (χ2v) is 5.32. The van der Waals surface area contributed by atoms with Crippen molar-refractivity contribution in [1.82, 2.24) is 0 Å². The zero-order valence-corrected chi connectivity index (χ0v) is 11.5. The van der Waals surface area contributed by atoms with Gasteiger partial charge in [0.1, 0.15) is 0 Å². The molecule has 0 spiro atoms. The molecule has 0 amide bonds. The van der Waals surface area contributed by atoms with Crippen LogP contribution in [0.25, 0.3) is 0 Å². The Balaban J connectivity index is 0.000000149. The zero-order valence-electron chi connectivity index (χ0n) is 10.6. The molecule has 0 bridgehead atoms. The van der Waals surface area contributed by atoms with E-state index in [-0.39, 0.29) is 0 Å². The van der Waals surface area contributed by atoms with E-state index in [9.17, 15) is 0 Å². The molecular weight excluding hydrogens is 236 g/mol. The molecule has 0 nitrogen and oxygen atoms in total. The number of thiol groups is 1. The van der Waals surface area contributed by atoms with Crippen molar-refractivity contribution < 1.29 is 0 Å². The van der Waals surface area contributed by atoms with Gasteiger partial charge in [-0.3, -0.25) is 0 Å². The van der Waals surface area contributed by atoms with E-state index in [2.05, 4.69) is 43.0 Å². The summed E-state index contributed by atoms with van der Waals surface area (Å²) in [6.45, 7) is 0. The summed E-state index contributed by atoms with van der Waals surface area (Å²) in [4.78, 5) is 1.02. The molecule has 0 N–H and O–H groups in total. The van der Waals surface area contributed by atoms with Crippen LogP contribution in [0.15, 0.2) is 65.6 Å². The Morgan fingerprint density at radius 1 is 0.833 bits per heavy atom. The van der Waals surface area contributed by atoms with Gasteiger partial charge in [0.15, 0.2) is 0 Å². The lowest BCUT2D eigenvalue weighted by Gasteiger charge is -1.97. The van der Waals surface area contributed by atoms with Gasteiger partial charge in [-0.25, -0.2) is 0 Å². The van der Waals surface area contributed by atoms with Crippen molar-refractivity contribution in [3.8, 4) is 0 Å². The summed E-state index contributed by atoms with van der Waals surface area (Å²) in [5, 5.41) is 0. The first-order valence-electron chi connectivity index (χ1n) is 6.62. The van der Waals surface area contributed by atoms with Crippen molar-refractivity contribution in [2.45, 2.75) is 30.6 Å². The number of hydrogen-bond acceptors (Lipinski definition) is 1. The Bertz CT molecular complexity index is 432. The van der Waals surface area contributed by atoms with E-state index in [4.69, 9.17) is 0 Å². The summed E-state index contributed by atoms with van der Waals surface area (Å²) in [7, 11) is 0. The first-order chi connectivity index (χ1) is 8.84. The molecule has 2 aromatic carbocycles. The molecule has 2 aromatic rings. The molecule has 1 saturated carbocycles. The minimum Gasteiger partial charge on any atom is -0.143 e. The van der Waals surface area contributed by atoms with Crippen LogP contribution in [0.1, 0.15) is 24.8 Å². The lowest BCUT2D eigenvalue weighted by Crippen LogP contribution is -1.84. The predicted octanol–water partition coefficient (Wildman–Crippen LogP) is 5.00. The molecule has 1 heteroatoms. The molecule has 18 heavy (non-hydrogen) atoms. The zero-order chi connectivity index (χ0) is 12.6. The normalized spacial score (nSPS) is 13.6. The van der Waals surface area contributed by atoms with Crippen LogP contribution in [0.5, 0.6) is 0 Å². The molecular formula is C17H20S. The van der Waals surface area contributed by atoms with Crippen LogP contribution in [0, 0.1) is 5.92 Å². The minimum absolute atomic E-state index is 1.02. The molecule has 0 saturated heterocycles. The molecule has 0 atom stereocenters. The van der Waals surface area contributed by atoms with Crippen molar-refractivity contribution in [3.05, 3.63) is 66.2 Å². The summed E-state index contributed by atoms with van der Waals surface area (Å²) in [5.41, 5.74) is 1.50. The smallest absolute Gasteiger partial charge is 0.00399 e. The fourth-order valence-corrected chi connectivity index (χ4v) is 2.02. The Labute approximate surface area is 115 Å². The topological polar surface area (TPSA) is 0 Å². The summed E-state index contributed by atoms with van der Waals surface area (Å²) in [6, 6.07) is 20.6. The average Bonchev–Trinajstić information content (AvgIpc) is 3.23. The highest BCUT2D eigenvalue weighted by atomic mass is 32.1. The first kappa shape index (κ1) is 13.2. The second kappa shape index (κ2) is 7.27. The molecule has 1 aliphatic carbocycles. The molecule has 0 heterocycles. The maximum atomic E-state index is 4.08. The van der Waals surface area contributed by atoms with Crippen LogP contribution in [0.2, 0.25) is 0 Å². The largest absolute Gasteiger partial charge is 0.143 e. The highest BCUT2D eigenvalue weighted by molar-refractivity contribution is 7.80. The number of rotatable bonds is 3. The van der Waals surface area contributed by atoms with Crippen molar-refractivity contribution in [2.75, 3.05) is 0 Å². The minimum atomic E-state index is 1.02. The van der Waals surface area contributed by atoms with E-state index in [1.807, 2.05) is 30.3 Å². The summed E-state index contributed by atoms with van der Waals surface area (Å²) < 4.78 is 0. The molecule has 3 rings (SSSR count). The maximum Gasteiger partial charge on any atom is 0.00399 e. The Morgan fingerprint density at radius 2 is 1.39 bits per heavy atom. The van der Waals surface area contributed by atoms with Gasteiger partial charge < -0.3 is 0 Å². The van der Waals surface area contributed by atoms with Crippen LogP contribution in [-0.2, 0) is 6.42 Å². The van der Waals surface area contributed by atoms with Crippen molar-refractivity contribution in [1.29, 1.82) is 0 Å². The van der Waals surface area contributed by atoms with Crippen LogP contribution >= 0.6 is 12.6 Å². The van der Waals surface area contributed by atoms with Gasteiger partial charge >= 0.3 is 0 Å². The average molecular weight is 256 g/mol. The van der Waals surface area contributed by atoms with Gasteiger partial charge in [0.25, 0.3) is 0 Å². The van der Waals surface area contributed by atoms with Crippen LogP contribution in [-0.4, -0.2) is 0 Å². The van der Waals surface area contributed by atoms with E-state index < -0.39 is 0 Å². The summed E-state index contributed by atoms with van der Waals surface area (Å²) in [6.07, 6.45) is 5.65. The molecule has 1 fully saturated rings. The predicted molar refractivity (Wildman–Crippen MR) is 81.2 cm³/mol. The molecule has 1 aliphatic rings. The van der Waals surface area contributed by atoms with Crippen molar-refractivity contribution >= 4 is 12.6 Å². The summed E-state index contributed by atoms with van der Waals surface area (Å²) >= 11 is 4.08. The first-order valence-corrected chi connectivity index (χ1v) is 7.07. The van der Waals surface area contributed by atoms with Gasteiger partial charge in [-0.1, -0.05) is 61.4 Å². The van der Waals surface area contributed by atoms with E-state index >= 15 is 0 Å². The standard InChI is InChI=1S/C11H14.C6H6S/c1-2-4-10(5-3-1)6-7-11-8-9-11;7-6-4-2-1-3-5-6/h1-5,11H,6-9H2;1-5,7H. The maximum absolute atomic E-state index is 4.08. The van der Waals surface area contributed by atoms with Crippen LogP contribution in [0.3, 0.4) is 0 Å². The third-order valence-electron chi connectivity index (χ3n) is 3.14. The molecule has 0 aromatic heterocycles. The third-order valence-corrected chi connectivity index (χ3v) is 3.44.